The maximum Gasteiger partial charge on any atom is 0.0603 e. The van der Waals surface area contributed by atoms with Crippen LogP contribution in [0.5, 0.6) is 0 Å². The van der Waals surface area contributed by atoms with Gasteiger partial charge in [-0.15, -0.1) is 0 Å². The van der Waals surface area contributed by atoms with Crippen molar-refractivity contribution < 1.29 is 0 Å². The van der Waals surface area contributed by atoms with Crippen LogP contribution >= 0.6 is 0 Å². The third-order valence-electron chi connectivity index (χ3n) is 4.83. The number of fused-ring (bicyclic) bond motifs is 2. The Morgan fingerprint density at radius 1 is 1.29 bits per heavy atom. The van der Waals surface area contributed by atoms with Crippen molar-refractivity contribution in [2.24, 2.45) is 23.5 Å². The van der Waals surface area contributed by atoms with Crippen molar-refractivity contribution >= 4 is 0 Å². The summed E-state index contributed by atoms with van der Waals surface area (Å²) in [5.41, 5.74) is 10.1. The van der Waals surface area contributed by atoms with E-state index in [2.05, 4.69) is 24.9 Å². The first kappa shape index (κ1) is 11.2. The molecule has 17 heavy (non-hydrogen) atoms. The molecule has 1 aromatic heterocycles. The Labute approximate surface area is 104 Å². The van der Waals surface area contributed by atoms with Gasteiger partial charge in [0.25, 0.3) is 0 Å². The van der Waals surface area contributed by atoms with Gasteiger partial charge in [-0.05, 0) is 62.0 Å². The molecule has 2 aliphatic rings. The third-order valence-corrected chi connectivity index (χ3v) is 4.83. The van der Waals surface area contributed by atoms with E-state index >= 15 is 0 Å². The van der Waals surface area contributed by atoms with Crippen molar-refractivity contribution in [1.29, 1.82) is 0 Å². The van der Waals surface area contributed by atoms with Gasteiger partial charge < -0.3 is 5.73 Å². The van der Waals surface area contributed by atoms with Crippen molar-refractivity contribution in [2.75, 3.05) is 0 Å². The number of nitrogens with two attached hydrogens (primary N) is 1. The van der Waals surface area contributed by atoms with Crippen LogP contribution in [-0.2, 0) is 0 Å². The first-order valence-electron chi connectivity index (χ1n) is 6.84. The van der Waals surface area contributed by atoms with Crippen LogP contribution in [0.15, 0.2) is 12.3 Å². The van der Waals surface area contributed by atoms with E-state index in [1.165, 1.54) is 36.8 Å². The first-order chi connectivity index (χ1) is 8.15. The van der Waals surface area contributed by atoms with Crippen molar-refractivity contribution in [3.8, 4) is 0 Å². The molecule has 2 saturated carbocycles. The second-order valence-corrected chi connectivity index (χ2v) is 6.08. The van der Waals surface area contributed by atoms with Gasteiger partial charge in [0.05, 0.1) is 11.7 Å². The molecule has 2 aliphatic carbocycles. The standard InChI is InChI=1S/C15H22N2/c1-9-5-10(2)15(17-8-9)14(16)13-7-11-3-4-12(13)6-11/h5,8,11-14H,3-4,6-7,16H2,1-2H3. The lowest BCUT2D eigenvalue weighted by Gasteiger charge is -2.28. The summed E-state index contributed by atoms with van der Waals surface area (Å²) in [6.07, 6.45) is 7.54. The molecule has 2 fully saturated rings. The molecule has 92 valence electrons. The number of aromatic nitrogens is 1. The zero-order chi connectivity index (χ0) is 12.0. The van der Waals surface area contributed by atoms with E-state index < -0.39 is 0 Å². The molecule has 4 atom stereocenters. The van der Waals surface area contributed by atoms with Crippen molar-refractivity contribution in [1.82, 2.24) is 4.98 Å². The molecule has 0 spiro atoms. The summed E-state index contributed by atoms with van der Waals surface area (Å²) in [4.78, 5) is 4.58. The third kappa shape index (κ3) is 1.89. The van der Waals surface area contributed by atoms with Crippen molar-refractivity contribution in [3.63, 3.8) is 0 Å². The average Bonchev–Trinajstić information content (AvgIpc) is 2.89. The molecule has 2 nitrogen and oxygen atoms in total. The number of nitrogens with zero attached hydrogens (tertiary/aromatic N) is 1. The highest BCUT2D eigenvalue weighted by molar-refractivity contribution is 5.26. The highest BCUT2D eigenvalue weighted by Gasteiger charge is 2.42. The van der Waals surface area contributed by atoms with E-state index in [9.17, 15) is 0 Å². The van der Waals surface area contributed by atoms with E-state index in [4.69, 9.17) is 5.73 Å². The van der Waals surface area contributed by atoms with E-state index in [0.29, 0.717) is 5.92 Å². The Balaban J connectivity index is 1.84. The second-order valence-electron chi connectivity index (χ2n) is 6.08. The normalized spacial score (nSPS) is 33.0. The van der Waals surface area contributed by atoms with Crippen molar-refractivity contribution in [2.45, 2.75) is 45.6 Å². The molecule has 0 aromatic carbocycles. The summed E-state index contributed by atoms with van der Waals surface area (Å²) in [6, 6.07) is 2.36. The van der Waals surface area contributed by atoms with Gasteiger partial charge in [-0.2, -0.15) is 0 Å². The number of aryl methyl sites for hydroxylation is 2. The van der Waals surface area contributed by atoms with Crippen LogP contribution in [0.2, 0.25) is 0 Å². The molecule has 2 bridgehead atoms. The number of hydrogen-bond donors (Lipinski definition) is 1. The highest BCUT2D eigenvalue weighted by Crippen LogP contribution is 2.51. The van der Waals surface area contributed by atoms with Gasteiger partial charge in [-0.3, -0.25) is 4.98 Å². The zero-order valence-electron chi connectivity index (χ0n) is 10.8. The second kappa shape index (κ2) is 4.09. The van der Waals surface area contributed by atoms with Gasteiger partial charge >= 0.3 is 0 Å². The highest BCUT2D eigenvalue weighted by atomic mass is 14.8. The Morgan fingerprint density at radius 3 is 2.71 bits per heavy atom. The SMILES string of the molecule is Cc1cnc(C(N)C2CC3CCC2C3)c(C)c1. The summed E-state index contributed by atoms with van der Waals surface area (Å²) in [6.45, 7) is 4.23. The van der Waals surface area contributed by atoms with Crippen LogP contribution in [0.3, 0.4) is 0 Å². The Bertz CT molecular complexity index is 427. The summed E-state index contributed by atoms with van der Waals surface area (Å²) in [5.74, 6) is 2.52. The molecule has 2 heteroatoms. The number of rotatable bonds is 2. The van der Waals surface area contributed by atoms with Crippen LogP contribution in [-0.4, -0.2) is 4.98 Å². The minimum absolute atomic E-state index is 0.158. The lowest BCUT2D eigenvalue weighted by molar-refractivity contribution is 0.280. The molecule has 0 saturated heterocycles. The van der Waals surface area contributed by atoms with Gasteiger partial charge in [-0.25, -0.2) is 0 Å². The number of pyridine rings is 1. The maximum absolute atomic E-state index is 6.48. The fraction of sp³-hybridized carbons (Fsp3) is 0.667. The molecule has 2 N–H and O–H groups in total. The van der Waals surface area contributed by atoms with Crippen molar-refractivity contribution in [3.05, 3.63) is 29.1 Å². The largest absolute Gasteiger partial charge is 0.322 e. The predicted molar refractivity (Wildman–Crippen MR) is 69.6 cm³/mol. The van der Waals surface area contributed by atoms with Crippen LogP contribution in [0.25, 0.3) is 0 Å². The van der Waals surface area contributed by atoms with Crippen LogP contribution in [0.1, 0.15) is 48.5 Å². The maximum atomic E-state index is 6.48. The van der Waals surface area contributed by atoms with Gasteiger partial charge in [0.15, 0.2) is 0 Å². The van der Waals surface area contributed by atoms with Gasteiger partial charge in [0.2, 0.25) is 0 Å². The molecule has 3 rings (SSSR count). The average molecular weight is 230 g/mol. The molecule has 1 heterocycles. The molecule has 0 radical (unpaired) electrons. The lowest BCUT2D eigenvalue weighted by Crippen LogP contribution is -2.27. The first-order valence-corrected chi connectivity index (χ1v) is 6.84. The van der Waals surface area contributed by atoms with E-state index in [1.807, 2.05) is 6.20 Å². The summed E-state index contributed by atoms with van der Waals surface area (Å²) >= 11 is 0. The minimum Gasteiger partial charge on any atom is -0.322 e. The van der Waals surface area contributed by atoms with Gasteiger partial charge in [-0.1, -0.05) is 12.5 Å². The quantitative estimate of drug-likeness (QED) is 0.847. The molecule has 1 aromatic rings. The zero-order valence-corrected chi connectivity index (χ0v) is 10.8. The van der Waals surface area contributed by atoms with Crippen LogP contribution in [0.4, 0.5) is 0 Å². The van der Waals surface area contributed by atoms with Crippen LogP contribution in [0, 0.1) is 31.6 Å². The molecular formula is C15H22N2. The fourth-order valence-corrected chi connectivity index (χ4v) is 4.01. The topological polar surface area (TPSA) is 38.9 Å². The monoisotopic (exact) mass is 230 g/mol. The smallest absolute Gasteiger partial charge is 0.0603 e. The van der Waals surface area contributed by atoms with E-state index in [-0.39, 0.29) is 6.04 Å². The lowest BCUT2D eigenvalue weighted by atomic mass is 9.81. The predicted octanol–water partition coefficient (Wildman–Crippen LogP) is 3.13. The molecule has 4 unspecified atom stereocenters. The fourth-order valence-electron chi connectivity index (χ4n) is 4.01. The minimum atomic E-state index is 0.158. The Morgan fingerprint density at radius 2 is 2.12 bits per heavy atom. The van der Waals surface area contributed by atoms with Gasteiger partial charge in [0, 0.05) is 6.20 Å². The molecular weight excluding hydrogens is 208 g/mol. The van der Waals surface area contributed by atoms with Crippen LogP contribution < -0.4 is 5.73 Å². The summed E-state index contributed by atoms with van der Waals surface area (Å²) < 4.78 is 0. The molecule has 0 amide bonds. The Hall–Kier alpha value is -0.890. The summed E-state index contributed by atoms with van der Waals surface area (Å²) in [5, 5.41) is 0. The summed E-state index contributed by atoms with van der Waals surface area (Å²) in [7, 11) is 0. The molecule has 0 aliphatic heterocycles. The van der Waals surface area contributed by atoms with Gasteiger partial charge in [0.1, 0.15) is 0 Å². The Kier molecular flexibility index (Phi) is 2.70. The van der Waals surface area contributed by atoms with E-state index in [1.54, 1.807) is 0 Å². The number of hydrogen-bond acceptors (Lipinski definition) is 2. The van der Waals surface area contributed by atoms with E-state index in [0.717, 1.165) is 17.5 Å².